The smallest absolute Gasteiger partial charge is 0.417 e. The summed E-state index contributed by atoms with van der Waals surface area (Å²) in [5, 5.41) is 34.3. The van der Waals surface area contributed by atoms with Gasteiger partial charge in [0.05, 0.1) is 38.4 Å². The molecular formula is C41H45F3N4O7. The van der Waals surface area contributed by atoms with E-state index < -0.39 is 36.1 Å². The first-order valence-electron chi connectivity index (χ1n) is 17.7. The lowest BCUT2D eigenvalue weighted by Crippen LogP contribution is -2.28. The van der Waals surface area contributed by atoms with E-state index in [2.05, 4.69) is 20.5 Å². The Hall–Kier alpha value is -5.28. The van der Waals surface area contributed by atoms with Crippen LogP contribution >= 0.6 is 0 Å². The van der Waals surface area contributed by atoms with Crippen molar-refractivity contribution in [3.8, 4) is 22.6 Å². The summed E-state index contributed by atoms with van der Waals surface area (Å²) in [5.41, 5.74) is 4.65. The Kier molecular flexibility index (Phi) is 13.3. The third kappa shape index (κ3) is 10.3. The van der Waals surface area contributed by atoms with Crippen LogP contribution in [-0.4, -0.2) is 83.1 Å². The number of pyridine rings is 1. The van der Waals surface area contributed by atoms with Crippen LogP contribution in [0, 0.1) is 13.8 Å². The van der Waals surface area contributed by atoms with Gasteiger partial charge in [0, 0.05) is 61.8 Å². The lowest BCUT2D eigenvalue weighted by molar-refractivity contribution is -0.139. The highest BCUT2D eigenvalue weighted by Gasteiger charge is 2.34. The number of hydrogen-bond acceptors (Lipinski definition) is 9. The molecule has 1 fully saturated rings. The van der Waals surface area contributed by atoms with E-state index in [4.69, 9.17) is 14.6 Å². The van der Waals surface area contributed by atoms with E-state index in [1.807, 2.05) is 38.1 Å². The Morgan fingerprint density at radius 2 is 1.65 bits per heavy atom. The first-order chi connectivity index (χ1) is 26.2. The second-order valence-corrected chi connectivity index (χ2v) is 13.5. The normalized spacial score (nSPS) is 15.3. The molecule has 1 amide bonds. The SMILES string of the molecule is COc1cc(/C=C/c2cccc(-c3cccc(NC(=O)c4cc(OC)c(CN5CC[C@@H](O)C5)cn4)c3C)c2C)c(C(F)(F)F)cc1CNCC(O)CC(=O)O. The van der Waals surface area contributed by atoms with Crippen LogP contribution in [0.25, 0.3) is 23.3 Å². The van der Waals surface area contributed by atoms with Crippen LogP contribution in [0.15, 0.2) is 60.8 Å². The van der Waals surface area contributed by atoms with Crippen molar-refractivity contribution in [3.05, 3.63) is 105 Å². The lowest BCUT2D eigenvalue weighted by atomic mass is 9.92. The number of hydrogen-bond donors (Lipinski definition) is 5. The maximum Gasteiger partial charge on any atom is 0.417 e. The van der Waals surface area contributed by atoms with Gasteiger partial charge in [0.25, 0.3) is 5.91 Å². The second-order valence-electron chi connectivity index (χ2n) is 13.5. The molecule has 292 valence electrons. The van der Waals surface area contributed by atoms with E-state index >= 15 is 0 Å². The van der Waals surface area contributed by atoms with Crippen molar-refractivity contribution in [3.63, 3.8) is 0 Å². The molecule has 1 aliphatic rings. The summed E-state index contributed by atoms with van der Waals surface area (Å²) in [5.74, 6) is -0.902. The third-order valence-electron chi connectivity index (χ3n) is 9.59. The average molecular weight is 763 g/mol. The number of alkyl halides is 3. The number of carboxylic acids is 1. The number of carboxylic acid groups (broad SMARTS) is 1. The molecule has 4 aromatic rings. The zero-order chi connectivity index (χ0) is 39.9. The summed E-state index contributed by atoms with van der Waals surface area (Å²) in [6, 6.07) is 14.9. The van der Waals surface area contributed by atoms with Crippen LogP contribution in [-0.2, 0) is 24.1 Å². The number of carbonyl (C=O) groups is 2. The van der Waals surface area contributed by atoms with Crippen molar-refractivity contribution >= 4 is 29.7 Å². The molecule has 0 bridgehead atoms. The van der Waals surface area contributed by atoms with Gasteiger partial charge in [-0.05, 0) is 71.8 Å². The van der Waals surface area contributed by atoms with Crippen LogP contribution in [0.5, 0.6) is 11.5 Å². The molecule has 0 spiro atoms. The molecule has 14 heteroatoms. The van der Waals surface area contributed by atoms with Crippen molar-refractivity contribution < 1.29 is 47.6 Å². The van der Waals surface area contributed by atoms with Crippen molar-refractivity contribution in [1.29, 1.82) is 0 Å². The van der Waals surface area contributed by atoms with Crippen LogP contribution in [0.4, 0.5) is 18.9 Å². The maximum atomic E-state index is 14.3. The minimum Gasteiger partial charge on any atom is -0.496 e. The van der Waals surface area contributed by atoms with Gasteiger partial charge in [-0.3, -0.25) is 19.5 Å². The molecule has 5 rings (SSSR count). The fourth-order valence-electron chi connectivity index (χ4n) is 6.65. The van der Waals surface area contributed by atoms with Crippen molar-refractivity contribution in [2.24, 2.45) is 0 Å². The number of carbonyl (C=O) groups excluding carboxylic acids is 1. The molecule has 1 aliphatic heterocycles. The van der Waals surface area contributed by atoms with E-state index in [1.165, 1.54) is 26.4 Å². The zero-order valence-corrected chi connectivity index (χ0v) is 31.0. The molecule has 2 atom stereocenters. The highest BCUT2D eigenvalue weighted by atomic mass is 19.4. The van der Waals surface area contributed by atoms with E-state index in [9.17, 15) is 33.0 Å². The molecule has 1 unspecified atom stereocenters. The highest BCUT2D eigenvalue weighted by molar-refractivity contribution is 6.04. The van der Waals surface area contributed by atoms with E-state index in [1.54, 1.807) is 30.5 Å². The van der Waals surface area contributed by atoms with Crippen LogP contribution in [0.1, 0.15) is 62.3 Å². The fraction of sp³-hybridized carbons (Fsp3) is 0.341. The van der Waals surface area contributed by atoms with Gasteiger partial charge in [0.2, 0.25) is 0 Å². The molecule has 0 aliphatic carbocycles. The number of amides is 1. The fourth-order valence-corrected chi connectivity index (χ4v) is 6.65. The minimum absolute atomic E-state index is 0.0881. The Morgan fingerprint density at radius 3 is 2.31 bits per heavy atom. The van der Waals surface area contributed by atoms with Crippen molar-refractivity contribution in [2.75, 3.05) is 39.2 Å². The number of β-amino-alcohol motifs (C(OH)–C–C–N with tert-alkyl or cyclic N) is 1. The molecular weight excluding hydrogens is 717 g/mol. The number of aliphatic hydroxyl groups excluding tert-OH is 2. The number of aliphatic hydroxyl groups is 2. The molecule has 1 aromatic heterocycles. The number of halogens is 3. The number of nitrogens with zero attached hydrogens (tertiary/aromatic N) is 2. The van der Waals surface area contributed by atoms with Gasteiger partial charge < -0.3 is 35.4 Å². The number of rotatable bonds is 15. The Balaban J connectivity index is 1.36. The molecule has 55 heavy (non-hydrogen) atoms. The quantitative estimate of drug-likeness (QED) is 0.0871. The lowest BCUT2D eigenvalue weighted by Gasteiger charge is -2.18. The highest BCUT2D eigenvalue weighted by Crippen LogP contribution is 2.38. The second kappa shape index (κ2) is 17.9. The van der Waals surface area contributed by atoms with Crippen LogP contribution in [0.3, 0.4) is 0 Å². The predicted octanol–water partition coefficient (Wildman–Crippen LogP) is 6.32. The number of ether oxygens (including phenoxy) is 2. The largest absolute Gasteiger partial charge is 0.496 e. The van der Waals surface area contributed by atoms with Gasteiger partial charge in [0.15, 0.2) is 0 Å². The number of benzene rings is 3. The number of nitrogens with one attached hydrogen (secondary N) is 2. The molecule has 11 nitrogen and oxygen atoms in total. The monoisotopic (exact) mass is 762 g/mol. The summed E-state index contributed by atoms with van der Waals surface area (Å²) in [6.45, 7) is 5.39. The topological polar surface area (TPSA) is 153 Å². The van der Waals surface area contributed by atoms with E-state index in [0.717, 1.165) is 40.4 Å². The minimum atomic E-state index is -4.69. The first kappa shape index (κ1) is 40.9. The number of aromatic nitrogens is 1. The summed E-state index contributed by atoms with van der Waals surface area (Å²) in [4.78, 5) is 30.7. The third-order valence-corrected chi connectivity index (χ3v) is 9.59. The van der Waals surface area contributed by atoms with Gasteiger partial charge >= 0.3 is 12.1 Å². The number of anilines is 1. The zero-order valence-electron chi connectivity index (χ0n) is 31.0. The van der Waals surface area contributed by atoms with Crippen LogP contribution < -0.4 is 20.1 Å². The Bertz CT molecular complexity index is 2050. The molecule has 0 radical (unpaired) electrons. The molecule has 2 heterocycles. The van der Waals surface area contributed by atoms with Gasteiger partial charge in [-0.2, -0.15) is 13.2 Å². The number of methoxy groups -OCH3 is 2. The number of aliphatic carboxylic acids is 1. The molecule has 5 N–H and O–H groups in total. The van der Waals surface area contributed by atoms with Crippen LogP contribution in [0.2, 0.25) is 0 Å². The molecule has 0 saturated carbocycles. The predicted molar refractivity (Wildman–Crippen MR) is 203 cm³/mol. The summed E-state index contributed by atoms with van der Waals surface area (Å²) < 4.78 is 53.9. The number of likely N-dealkylation sites (tertiary alicyclic amines) is 1. The standard InChI is InChI=1S/C41H45F3N4O7/c1-24-26(11-12-27-16-37(54-3)28(15-34(27)41(42,43)44)19-45-21-31(50)17-39(51)52)7-5-8-32(24)33-9-6-10-35(25(33)2)47-40(53)36-18-38(55-4)29(20-46-36)22-48-14-13-30(49)23-48/h5-12,15-16,18,20,30-31,45,49-50H,13-14,17,19,21-23H2,1-4H3,(H,47,53)(H,51,52)/b12-11+/t30-,31?/m1/s1. The summed E-state index contributed by atoms with van der Waals surface area (Å²) in [6.07, 6.45) is -1.44. The average Bonchev–Trinajstić information content (AvgIpc) is 3.55. The van der Waals surface area contributed by atoms with E-state index in [-0.39, 0.29) is 41.8 Å². The Morgan fingerprint density at radius 1 is 0.982 bits per heavy atom. The van der Waals surface area contributed by atoms with Gasteiger partial charge in [-0.25, -0.2) is 0 Å². The summed E-state index contributed by atoms with van der Waals surface area (Å²) >= 11 is 0. The van der Waals surface area contributed by atoms with E-state index in [0.29, 0.717) is 36.5 Å². The maximum absolute atomic E-state index is 14.3. The van der Waals surface area contributed by atoms with Crippen molar-refractivity contribution in [1.82, 2.24) is 15.2 Å². The first-order valence-corrected chi connectivity index (χ1v) is 17.7. The van der Waals surface area contributed by atoms with Gasteiger partial charge in [0.1, 0.15) is 17.2 Å². The van der Waals surface area contributed by atoms with Gasteiger partial charge in [-0.1, -0.05) is 42.5 Å². The Labute approximate surface area is 317 Å². The summed E-state index contributed by atoms with van der Waals surface area (Å²) in [7, 11) is 2.88. The van der Waals surface area contributed by atoms with Gasteiger partial charge in [-0.15, -0.1) is 0 Å². The molecule has 3 aromatic carbocycles. The van der Waals surface area contributed by atoms with Crippen molar-refractivity contribution in [2.45, 2.75) is 58.2 Å². The molecule has 1 saturated heterocycles.